The van der Waals surface area contributed by atoms with E-state index in [1.165, 1.54) is 12.1 Å². The van der Waals surface area contributed by atoms with E-state index in [1.54, 1.807) is 13.2 Å². The van der Waals surface area contributed by atoms with Gasteiger partial charge in [0.05, 0.1) is 6.61 Å². The summed E-state index contributed by atoms with van der Waals surface area (Å²) in [6.45, 7) is 3.67. The van der Waals surface area contributed by atoms with Crippen LogP contribution < -0.4 is 5.32 Å². The van der Waals surface area contributed by atoms with Crippen LogP contribution >= 0.6 is 11.6 Å². The first-order valence-electron chi connectivity index (χ1n) is 6.91. The predicted molar refractivity (Wildman–Crippen MR) is 77.9 cm³/mol. The fraction of sp³-hybridized carbons (Fsp3) is 0.600. The van der Waals surface area contributed by atoms with Gasteiger partial charge in [-0.3, -0.25) is 0 Å². The van der Waals surface area contributed by atoms with Gasteiger partial charge in [-0.05, 0) is 30.5 Å². The van der Waals surface area contributed by atoms with Gasteiger partial charge >= 0.3 is 0 Å². The van der Waals surface area contributed by atoms with E-state index >= 15 is 0 Å². The summed E-state index contributed by atoms with van der Waals surface area (Å²) in [4.78, 5) is 0. The number of halogens is 2. The van der Waals surface area contributed by atoms with Gasteiger partial charge in [0, 0.05) is 43.9 Å². The lowest BCUT2D eigenvalue weighted by molar-refractivity contribution is 0.0493. The van der Waals surface area contributed by atoms with Gasteiger partial charge in [0.1, 0.15) is 5.82 Å². The molecule has 0 aliphatic carbocycles. The van der Waals surface area contributed by atoms with Crippen molar-refractivity contribution in [3.05, 3.63) is 34.6 Å². The average molecular weight is 302 g/mol. The Morgan fingerprint density at radius 1 is 1.40 bits per heavy atom. The summed E-state index contributed by atoms with van der Waals surface area (Å²) in [5.74, 6) is -0.298. The number of rotatable bonds is 6. The molecule has 1 aromatic rings. The van der Waals surface area contributed by atoms with Crippen LogP contribution in [-0.2, 0) is 14.9 Å². The van der Waals surface area contributed by atoms with Crippen molar-refractivity contribution in [1.82, 2.24) is 5.32 Å². The lowest BCUT2D eigenvalue weighted by atomic mass is 9.74. The second-order valence-corrected chi connectivity index (χ2v) is 5.59. The summed E-state index contributed by atoms with van der Waals surface area (Å²) in [5.41, 5.74) is 0.922. The molecular formula is C15H21ClFNO2. The third-order valence-electron chi connectivity index (χ3n) is 3.90. The number of ether oxygens (including phenoxy) is 2. The zero-order chi connectivity index (χ0) is 14.4. The number of nitrogens with one attached hydrogen (secondary N) is 1. The Kier molecular flexibility index (Phi) is 5.78. The van der Waals surface area contributed by atoms with Gasteiger partial charge < -0.3 is 14.8 Å². The van der Waals surface area contributed by atoms with Crippen LogP contribution in [0, 0.1) is 5.82 Å². The average Bonchev–Trinajstić information content (AvgIpc) is 2.44. The molecule has 0 aromatic heterocycles. The van der Waals surface area contributed by atoms with E-state index in [9.17, 15) is 4.39 Å². The van der Waals surface area contributed by atoms with Crippen LogP contribution in [0.25, 0.3) is 0 Å². The molecule has 0 spiro atoms. The third-order valence-corrected chi connectivity index (χ3v) is 4.21. The van der Waals surface area contributed by atoms with Crippen molar-refractivity contribution in [1.29, 1.82) is 0 Å². The molecule has 1 aliphatic rings. The summed E-state index contributed by atoms with van der Waals surface area (Å²) in [5, 5.41) is 3.90. The molecule has 0 atom stereocenters. The van der Waals surface area contributed by atoms with Crippen LogP contribution in [0.5, 0.6) is 0 Å². The van der Waals surface area contributed by atoms with Crippen molar-refractivity contribution in [3.63, 3.8) is 0 Å². The molecular weight excluding hydrogens is 281 g/mol. The largest absolute Gasteiger partial charge is 0.383 e. The molecule has 1 fully saturated rings. The van der Waals surface area contributed by atoms with Gasteiger partial charge in [-0.1, -0.05) is 17.7 Å². The number of methoxy groups -OCH3 is 1. The van der Waals surface area contributed by atoms with Crippen molar-refractivity contribution in [2.24, 2.45) is 0 Å². The van der Waals surface area contributed by atoms with Gasteiger partial charge in [-0.2, -0.15) is 0 Å². The Hall–Kier alpha value is -0.680. The molecule has 0 radical (unpaired) electrons. The molecule has 1 saturated heterocycles. The Labute approximate surface area is 124 Å². The number of benzene rings is 1. The molecule has 2 rings (SSSR count). The standard InChI is InChI=1S/C15H21ClFNO2/c1-19-9-6-18-11-15(4-7-20-8-5-15)13-3-2-12(17)10-14(13)16/h2-3,10,18H,4-9,11H2,1H3. The van der Waals surface area contributed by atoms with Crippen LogP contribution in [0.4, 0.5) is 4.39 Å². The van der Waals surface area contributed by atoms with E-state index in [0.717, 1.165) is 31.5 Å². The lowest BCUT2D eigenvalue weighted by Gasteiger charge is -2.38. The fourth-order valence-electron chi connectivity index (χ4n) is 2.72. The maximum Gasteiger partial charge on any atom is 0.124 e. The van der Waals surface area contributed by atoms with E-state index in [-0.39, 0.29) is 11.2 Å². The van der Waals surface area contributed by atoms with Crippen LogP contribution in [0.15, 0.2) is 18.2 Å². The molecule has 20 heavy (non-hydrogen) atoms. The zero-order valence-electron chi connectivity index (χ0n) is 11.8. The van der Waals surface area contributed by atoms with Crippen molar-refractivity contribution in [2.75, 3.05) is 40.0 Å². The Morgan fingerprint density at radius 3 is 2.80 bits per heavy atom. The highest BCUT2D eigenvalue weighted by Gasteiger charge is 2.35. The normalized spacial score (nSPS) is 18.1. The topological polar surface area (TPSA) is 30.5 Å². The molecule has 1 heterocycles. The predicted octanol–water partition coefficient (Wildman–Crippen LogP) is 2.76. The molecule has 0 saturated carbocycles. The van der Waals surface area contributed by atoms with Gasteiger partial charge in [0.2, 0.25) is 0 Å². The summed E-state index contributed by atoms with van der Waals surface area (Å²) in [7, 11) is 1.68. The quantitative estimate of drug-likeness (QED) is 0.820. The van der Waals surface area contributed by atoms with Crippen molar-refractivity contribution < 1.29 is 13.9 Å². The highest BCUT2D eigenvalue weighted by atomic mass is 35.5. The summed E-state index contributed by atoms with van der Waals surface area (Å²) < 4.78 is 23.8. The minimum Gasteiger partial charge on any atom is -0.383 e. The summed E-state index contributed by atoms with van der Waals surface area (Å²) >= 11 is 6.26. The zero-order valence-corrected chi connectivity index (χ0v) is 12.5. The van der Waals surface area contributed by atoms with Crippen LogP contribution in [0.2, 0.25) is 5.02 Å². The smallest absolute Gasteiger partial charge is 0.124 e. The van der Waals surface area contributed by atoms with E-state index in [4.69, 9.17) is 21.1 Å². The van der Waals surface area contributed by atoms with Crippen LogP contribution in [0.3, 0.4) is 0 Å². The van der Waals surface area contributed by atoms with Gasteiger partial charge in [0.25, 0.3) is 0 Å². The molecule has 0 unspecified atom stereocenters. The second-order valence-electron chi connectivity index (χ2n) is 5.19. The molecule has 3 nitrogen and oxygen atoms in total. The van der Waals surface area contributed by atoms with E-state index in [2.05, 4.69) is 5.32 Å². The minimum absolute atomic E-state index is 0.0865. The molecule has 1 aromatic carbocycles. The van der Waals surface area contributed by atoms with Gasteiger partial charge in [-0.25, -0.2) is 4.39 Å². The second kappa shape index (κ2) is 7.36. The SMILES string of the molecule is COCCNCC1(c2ccc(F)cc2Cl)CCOCC1. The Morgan fingerprint density at radius 2 is 2.15 bits per heavy atom. The Balaban J connectivity index is 2.17. The van der Waals surface area contributed by atoms with Crippen LogP contribution in [-0.4, -0.2) is 40.0 Å². The first-order chi connectivity index (χ1) is 9.68. The summed E-state index contributed by atoms with van der Waals surface area (Å²) in [6, 6.07) is 4.68. The van der Waals surface area contributed by atoms with Gasteiger partial charge in [0.15, 0.2) is 0 Å². The van der Waals surface area contributed by atoms with E-state index in [0.29, 0.717) is 24.8 Å². The van der Waals surface area contributed by atoms with Crippen molar-refractivity contribution in [3.8, 4) is 0 Å². The molecule has 1 N–H and O–H groups in total. The maximum absolute atomic E-state index is 13.3. The van der Waals surface area contributed by atoms with Crippen molar-refractivity contribution in [2.45, 2.75) is 18.3 Å². The first-order valence-corrected chi connectivity index (χ1v) is 7.29. The monoisotopic (exact) mass is 301 g/mol. The minimum atomic E-state index is -0.298. The molecule has 5 heteroatoms. The highest BCUT2D eigenvalue weighted by molar-refractivity contribution is 6.31. The maximum atomic E-state index is 13.3. The van der Waals surface area contributed by atoms with E-state index < -0.39 is 0 Å². The number of hydrogen-bond acceptors (Lipinski definition) is 3. The molecule has 0 amide bonds. The first kappa shape index (κ1) is 15.7. The molecule has 1 aliphatic heterocycles. The fourth-order valence-corrected chi connectivity index (χ4v) is 3.09. The van der Waals surface area contributed by atoms with Crippen LogP contribution in [0.1, 0.15) is 18.4 Å². The Bertz CT molecular complexity index is 436. The van der Waals surface area contributed by atoms with Crippen molar-refractivity contribution >= 4 is 11.6 Å². The number of hydrogen-bond donors (Lipinski definition) is 1. The van der Waals surface area contributed by atoms with E-state index in [1.807, 2.05) is 0 Å². The third kappa shape index (κ3) is 3.70. The summed E-state index contributed by atoms with van der Waals surface area (Å²) in [6.07, 6.45) is 1.77. The van der Waals surface area contributed by atoms with Gasteiger partial charge in [-0.15, -0.1) is 0 Å². The molecule has 0 bridgehead atoms. The lowest BCUT2D eigenvalue weighted by Crippen LogP contribution is -2.43. The molecule has 112 valence electrons. The highest BCUT2D eigenvalue weighted by Crippen LogP contribution is 2.38.